The highest BCUT2D eigenvalue weighted by molar-refractivity contribution is 7.25. The minimum absolute atomic E-state index is 1.16. The zero-order valence-corrected chi connectivity index (χ0v) is 28.4. The molecule has 3 aromatic heterocycles. The van der Waals surface area contributed by atoms with Crippen LogP contribution in [-0.2, 0) is 0 Å². The van der Waals surface area contributed by atoms with E-state index in [2.05, 4.69) is 191 Å². The van der Waals surface area contributed by atoms with Crippen molar-refractivity contribution in [3.63, 3.8) is 0 Å². The second-order valence-electron chi connectivity index (χ2n) is 13.3. The Labute approximate surface area is 298 Å². The Hall–Kier alpha value is -6.42. The lowest BCUT2D eigenvalue weighted by Crippen LogP contribution is -1.95. The minimum Gasteiger partial charge on any atom is -0.309 e. The predicted molar refractivity (Wildman–Crippen MR) is 219 cm³/mol. The summed E-state index contributed by atoms with van der Waals surface area (Å²) in [6.45, 7) is 0. The molecule has 0 aliphatic heterocycles. The van der Waals surface area contributed by atoms with Crippen LogP contribution in [0.25, 0.3) is 97.4 Å². The molecule has 51 heavy (non-hydrogen) atoms. The first-order chi connectivity index (χ1) is 25.3. The van der Waals surface area contributed by atoms with Crippen molar-refractivity contribution in [2.45, 2.75) is 0 Å². The summed E-state index contributed by atoms with van der Waals surface area (Å²) in [5, 5.41) is 7.76. The molecule has 0 radical (unpaired) electrons. The lowest BCUT2D eigenvalue weighted by molar-refractivity contribution is 1.17. The van der Waals surface area contributed by atoms with E-state index in [1.165, 1.54) is 86.0 Å². The number of hydrogen-bond acceptors (Lipinski definition) is 1. The molecule has 11 rings (SSSR count). The van der Waals surface area contributed by atoms with Gasteiger partial charge in [0.25, 0.3) is 0 Å². The highest BCUT2D eigenvalue weighted by atomic mass is 32.1. The van der Waals surface area contributed by atoms with Crippen LogP contribution in [-0.4, -0.2) is 9.13 Å². The van der Waals surface area contributed by atoms with Gasteiger partial charge in [0.05, 0.1) is 22.1 Å². The monoisotopic (exact) mass is 666 g/mol. The van der Waals surface area contributed by atoms with Crippen LogP contribution in [0.2, 0.25) is 0 Å². The molecule has 0 amide bonds. The third-order valence-electron chi connectivity index (χ3n) is 10.5. The van der Waals surface area contributed by atoms with Crippen LogP contribution in [0.15, 0.2) is 182 Å². The third-order valence-corrected chi connectivity index (χ3v) is 11.7. The summed E-state index contributed by atoms with van der Waals surface area (Å²) >= 11 is 1.87. The molecule has 0 spiro atoms. The number of thiophene rings is 1. The molecule has 0 saturated carbocycles. The highest BCUT2D eigenvalue weighted by Gasteiger charge is 2.21. The smallest absolute Gasteiger partial charge is 0.0548 e. The molecular formula is C48H30N2S. The Kier molecular flexibility index (Phi) is 6.16. The number of hydrogen-bond donors (Lipinski definition) is 0. The zero-order chi connectivity index (χ0) is 33.5. The van der Waals surface area contributed by atoms with Crippen molar-refractivity contribution in [1.82, 2.24) is 9.13 Å². The van der Waals surface area contributed by atoms with E-state index in [0.29, 0.717) is 0 Å². The first kappa shape index (κ1) is 28.4. The summed E-state index contributed by atoms with van der Waals surface area (Å²) in [4.78, 5) is 0. The zero-order valence-electron chi connectivity index (χ0n) is 27.6. The van der Waals surface area contributed by atoms with Gasteiger partial charge >= 0.3 is 0 Å². The molecule has 0 unspecified atom stereocenters. The van der Waals surface area contributed by atoms with Crippen LogP contribution in [0.3, 0.4) is 0 Å². The van der Waals surface area contributed by atoms with Crippen molar-refractivity contribution in [2.75, 3.05) is 0 Å². The molecule has 0 atom stereocenters. The van der Waals surface area contributed by atoms with Gasteiger partial charge in [-0.25, -0.2) is 0 Å². The van der Waals surface area contributed by atoms with E-state index in [9.17, 15) is 0 Å². The molecule has 3 heterocycles. The van der Waals surface area contributed by atoms with E-state index in [4.69, 9.17) is 0 Å². The van der Waals surface area contributed by atoms with Crippen molar-refractivity contribution in [3.05, 3.63) is 182 Å². The second kappa shape index (κ2) is 11.0. The van der Waals surface area contributed by atoms with Crippen LogP contribution in [0.4, 0.5) is 0 Å². The first-order valence-electron chi connectivity index (χ1n) is 17.4. The Bertz CT molecular complexity index is 3120. The van der Waals surface area contributed by atoms with Crippen molar-refractivity contribution in [2.24, 2.45) is 0 Å². The number of fused-ring (bicyclic) bond motifs is 10. The first-order valence-corrected chi connectivity index (χ1v) is 18.3. The lowest BCUT2D eigenvalue weighted by atomic mass is 9.99. The van der Waals surface area contributed by atoms with Crippen molar-refractivity contribution < 1.29 is 0 Å². The van der Waals surface area contributed by atoms with E-state index < -0.39 is 0 Å². The van der Waals surface area contributed by atoms with Crippen LogP contribution in [0, 0.1) is 0 Å². The largest absolute Gasteiger partial charge is 0.309 e. The van der Waals surface area contributed by atoms with Gasteiger partial charge in [-0.2, -0.15) is 0 Å². The summed E-state index contributed by atoms with van der Waals surface area (Å²) in [6, 6.07) is 66.6. The van der Waals surface area contributed by atoms with E-state index >= 15 is 0 Å². The summed E-state index contributed by atoms with van der Waals surface area (Å²) in [6.07, 6.45) is 0. The second-order valence-corrected chi connectivity index (χ2v) is 14.4. The SMILES string of the molecule is c1ccc(-c2ccc(-n3c4ccccc4c4c5c6ccccc6n(-c6cccc(-c7cccc8sc9ccccc9c78)c6)c5ccc43)cc2)cc1. The molecule has 2 nitrogen and oxygen atoms in total. The molecule has 0 saturated heterocycles. The van der Waals surface area contributed by atoms with E-state index in [0.717, 1.165) is 11.4 Å². The fourth-order valence-electron chi connectivity index (χ4n) is 8.34. The Morgan fingerprint density at radius 3 is 1.59 bits per heavy atom. The number of rotatable bonds is 4. The number of para-hydroxylation sites is 2. The summed E-state index contributed by atoms with van der Waals surface area (Å²) in [5.41, 5.74) is 12.1. The molecule has 3 heteroatoms. The Balaban J connectivity index is 1.15. The van der Waals surface area contributed by atoms with E-state index in [-0.39, 0.29) is 0 Å². The molecule has 0 fully saturated rings. The van der Waals surface area contributed by atoms with Gasteiger partial charge < -0.3 is 9.13 Å². The van der Waals surface area contributed by atoms with Gasteiger partial charge in [0.1, 0.15) is 0 Å². The normalized spacial score (nSPS) is 11.9. The van der Waals surface area contributed by atoms with Gasteiger partial charge in [-0.15, -0.1) is 11.3 Å². The molecule has 0 N–H and O–H groups in total. The average molecular weight is 667 g/mol. The molecule has 0 bridgehead atoms. The van der Waals surface area contributed by atoms with E-state index in [1.807, 2.05) is 11.3 Å². The quantitative estimate of drug-likeness (QED) is 0.177. The van der Waals surface area contributed by atoms with Gasteiger partial charge in [0, 0.05) is 53.1 Å². The molecule has 238 valence electrons. The third kappa shape index (κ3) is 4.22. The molecule has 11 aromatic rings. The van der Waals surface area contributed by atoms with Gasteiger partial charge in [-0.05, 0) is 82.9 Å². The predicted octanol–water partition coefficient (Wildman–Crippen LogP) is 13.6. The van der Waals surface area contributed by atoms with Gasteiger partial charge in [-0.3, -0.25) is 0 Å². The summed E-state index contributed by atoms with van der Waals surface area (Å²) < 4.78 is 7.54. The van der Waals surface area contributed by atoms with Crippen LogP contribution >= 0.6 is 11.3 Å². The van der Waals surface area contributed by atoms with Crippen molar-refractivity contribution in [3.8, 4) is 33.6 Å². The maximum Gasteiger partial charge on any atom is 0.0548 e. The van der Waals surface area contributed by atoms with Gasteiger partial charge in [-0.1, -0.05) is 121 Å². The molecule has 0 aliphatic carbocycles. The fraction of sp³-hybridized carbons (Fsp3) is 0. The standard InChI is InChI=1S/C48H30N2S/c1-2-12-31(13-3-1)32-24-26-34(27-25-32)49-40-20-7-4-16-37(40)47-42(49)28-29-43-48(47)38-17-5-8-21-41(38)50(43)35-15-10-14-33(30-35)36-19-11-23-45-46(36)39-18-6-9-22-44(39)51-45/h1-30H. The minimum atomic E-state index is 1.16. The average Bonchev–Trinajstić information content (AvgIpc) is 3.86. The molecular weight excluding hydrogens is 637 g/mol. The van der Waals surface area contributed by atoms with Crippen molar-refractivity contribution >= 4 is 75.1 Å². The fourth-order valence-corrected chi connectivity index (χ4v) is 9.47. The topological polar surface area (TPSA) is 9.86 Å². The highest BCUT2D eigenvalue weighted by Crippen LogP contribution is 2.44. The van der Waals surface area contributed by atoms with E-state index in [1.54, 1.807) is 0 Å². The Morgan fingerprint density at radius 1 is 0.314 bits per heavy atom. The maximum absolute atomic E-state index is 2.46. The maximum atomic E-state index is 2.46. The summed E-state index contributed by atoms with van der Waals surface area (Å²) in [7, 11) is 0. The Morgan fingerprint density at radius 2 is 0.863 bits per heavy atom. The van der Waals surface area contributed by atoms with Gasteiger partial charge in [0.15, 0.2) is 0 Å². The number of nitrogens with zero attached hydrogens (tertiary/aromatic N) is 2. The van der Waals surface area contributed by atoms with Gasteiger partial charge in [0.2, 0.25) is 0 Å². The molecule has 8 aromatic carbocycles. The van der Waals surface area contributed by atoms with Crippen molar-refractivity contribution in [1.29, 1.82) is 0 Å². The van der Waals surface area contributed by atoms with Crippen LogP contribution < -0.4 is 0 Å². The van der Waals surface area contributed by atoms with Crippen LogP contribution in [0.1, 0.15) is 0 Å². The molecule has 0 aliphatic rings. The number of aromatic nitrogens is 2. The summed E-state index contributed by atoms with van der Waals surface area (Å²) in [5.74, 6) is 0. The van der Waals surface area contributed by atoms with Crippen LogP contribution in [0.5, 0.6) is 0 Å². The lowest BCUT2D eigenvalue weighted by Gasteiger charge is -2.12. The number of benzene rings is 8.